The molecule has 24 heavy (non-hydrogen) atoms. The summed E-state index contributed by atoms with van der Waals surface area (Å²) in [6.45, 7) is 3.83. The Morgan fingerprint density at radius 1 is 1.04 bits per heavy atom. The lowest BCUT2D eigenvalue weighted by Crippen LogP contribution is -2.19. The molecule has 1 heterocycles. The second-order valence-electron chi connectivity index (χ2n) is 5.25. The molecule has 2 aromatic carbocycles. The minimum atomic E-state index is 0.299. The second-order valence-corrected chi connectivity index (χ2v) is 5.68. The normalized spacial score (nSPS) is 10.6. The molecule has 0 N–H and O–H groups in total. The van der Waals surface area contributed by atoms with Crippen LogP contribution >= 0.6 is 11.6 Å². The van der Waals surface area contributed by atoms with E-state index in [4.69, 9.17) is 16.4 Å². The van der Waals surface area contributed by atoms with Crippen LogP contribution in [0.15, 0.2) is 67.2 Å². The zero-order valence-electron chi connectivity index (χ0n) is 13.6. The fraction of sp³-hybridized carbons (Fsp3) is 0.105. The van der Waals surface area contributed by atoms with Crippen molar-refractivity contribution in [2.24, 2.45) is 0 Å². The van der Waals surface area contributed by atoms with E-state index in [1.807, 2.05) is 67.7 Å². The van der Waals surface area contributed by atoms with Gasteiger partial charge < -0.3 is 0 Å². The van der Waals surface area contributed by atoms with Crippen molar-refractivity contribution in [3.05, 3.63) is 67.2 Å². The SMILES string of the molecule is C=C(Cl)n1nc(-c2ccccc2)c(-c2ccccc2)c1N(C)OC. The van der Waals surface area contributed by atoms with Crippen LogP contribution in [0.4, 0.5) is 5.82 Å². The molecule has 0 bridgehead atoms. The van der Waals surface area contributed by atoms with Gasteiger partial charge in [-0.2, -0.15) is 5.10 Å². The predicted molar refractivity (Wildman–Crippen MR) is 99.7 cm³/mol. The Balaban J connectivity index is 2.35. The zero-order chi connectivity index (χ0) is 17.1. The highest BCUT2D eigenvalue weighted by molar-refractivity contribution is 6.45. The van der Waals surface area contributed by atoms with Gasteiger partial charge in [0, 0.05) is 12.6 Å². The van der Waals surface area contributed by atoms with E-state index >= 15 is 0 Å². The molecule has 0 saturated heterocycles. The molecule has 4 nitrogen and oxygen atoms in total. The molecule has 0 atom stereocenters. The number of anilines is 1. The maximum atomic E-state index is 6.19. The molecule has 0 aliphatic heterocycles. The smallest absolute Gasteiger partial charge is 0.165 e. The van der Waals surface area contributed by atoms with Gasteiger partial charge in [0.15, 0.2) is 5.82 Å². The first-order chi connectivity index (χ1) is 11.6. The van der Waals surface area contributed by atoms with Crippen LogP contribution in [-0.2, 0) is 4.84 Å². The van der Waals surface area contributed by atoms with Gasteiger partial charge in [0.25, 0.3) is 0 Å². The minimum absolute atomic E-state index is 0.299. The lowest BCUT2D eigenvalue weighted by Gasteiger charge is -2.19. The van der Waals surface area contributed by atoms with Gasteiger partial charge in [-0.1, -0.05) is 78.8 Å². The highest BCUT2D eigenvalue weighted by atomic mass is 35.5. The summed E-state index contributed by atoms with van der Waals surface area (Å²) in [6, 6.07) is 20.0. The molecular formula is C19H18ClN3O. The van der Waals surface area contributed by atoms with Crippen molar-refractivity contribution in [3.63, 3.8) is 0 Å². The van der Waals surface area contributed by atoms with Crippen LogP contribution in [0.3, 0.4) is 0 Å². The van der Waals surface area contributed by atoms with E-state index in [0.29, 0.717) is 5.16 Å². The number of nitrogens with zero attached hydrogens (tertiary/aromatic N) is 3. The molecule has 0 aliphatic rings. The number of benzene rings is 2. The number of hydrogen-bond acceptors (Lipinski definition) is 3. The van der Waals surface area contributed by atoms with Crippen LogP contribution in [0.2, 0.25) is 0 Å². The van der Waals surface area contributed by atoms with E-state index < -0.39 is 0 Å². The fourth-order valence-electron chi connectivity index (χ4n) is 2.62. The van der Waals surface area contributed by atoms with Gasteiger partial charge in [0.2, 0.25) is 0 Å². The summed E-state index contributed by atoms with van der Waals surface area (Å²) < 4.78 is 1.59. The molecule has 0 amide bonds. The first-order valence-electron chi connectivity index (χ1n) is 7.50. The van der Waals surface area contributed by atoms with Crippen LogP contribution in [0.1, 0.15) is 0 Å². The molecular weight excluding hydrogens is 322 g/mol. The van der Waals surface area contributed by atoms with Crippen molar-refractivity contribution in [2.75, 3.05) is 19.2 Å². The van der Waals surface area contributed by atoms with E-state index in [0.717, 1.165) is 28.2 Å². The maximum Gasteiger partial charge on any atom is 0.165 e. The highest BCUT2D eigenvalue weighted by Gasteiger charge is 2.24. The van der Waals surface area contributed by atoms with Crippen molar-refractivity contribution in [3.8, 4) is 22.4 Å². The summed E-state index contributed by atoms with van der Waals surface area (Å²) in [6.07, 6.45) is 0. The van der Waals surface area contributed by atoms with Gasteiger partial charge in [-0.05, 0) is 5.56 Å². The fourth-order valence-corrected chi connectivity index (χ4v) is 2.74. The lowest BCUT2D eigenvalue weighted by atomic mass is 10.0. The summed E-state index contributed by atoms with van der Waals surface area (Å²) in [5, 5.41) is 6.62. The highest BCUT2D eigenvalue weighted by Crippen LogP contribution is 2.40. The summed E-state index contributed by atoms with van der Waals surface area (Å²) in [5.74, 6) is 0.725. The standard InChI is InChI=1S/C19H18ClN3O/c1-14(20)23-19(22(2)24-3)17(15-10-6-4-7-11-15)18(21-23)16-12-8-5-9-13-16/h4-13H,1H2,2-3H3. The van der Waals surface area contributed by atoms with Gasteiger partial charge in [-0.25, -0.2) is 9.75 Å². The number of hydrogen-bond donors (Lipinski definition) is 0. The van der Waals surface area contributed by atoms with Crippen LogP contribution in [-0.4, -0.2) is 23.9 Å². The van der Waals surface area contributed by atoms with E-state index in [-0.39, 0.29) is 0 Å². The van der Waals surface area contributed by atoms with Gasteiger partial charge in [0.05, 0.1) is 12.7 Å². The number of hydroxylamine groups is 1. The Hall–Kier alpha value is -2.56. The molecule has 122 valence electrons. The third-order valence-corrected chi connectivity index (χ3v) is 3.93. The van der Waals surface area contributed by atoms with E-state index in [2.05, 4.69) is 11.7 Å². The average molecular weight is 340 g/mol. The van der Waals surface area contributed by atoms with Crippen LogP contribution in [0.25, 0.3) is 27.5 Å². The molecule has 5 heteroatoms. The van der Waals surface area contributed by atoms with Crippen molar-refractivity contribution >= 4 is 22.6 Å². The van der Waals surface area contributed by atoms with Gasteiger partial charge in [-0.15, -0.1) is 0 Å². The Bertz CT molecular complexity index is 844. The van der Waals surface area contributed by atoms with Crippen LogP contribution < -0.4 is 5.06 Å². The monoisotopic (exact) mass is 339 g/mol. The minimum Gasteiger partial charge on any atom is -0.276 e. The summed E-state index contributed by atoms with van der Waals surface area (Å²) in [4.78, 5) is 5.41. The molecule has 0 aliphatic carbocycles. The summed E-state index contributed by atoms with van der Waals surface area (Å²) in [7, 11) is 3.42. The Kier molecular flexibility index (Phi) is 4.69. The first kappa shape index (κ1) is 16.3. The largest absolute Gasteiger partial charge is 0.276 e. The zero-order valence-corrected chi connectivity index (χ0v) is 14.4. The first-order valence-corrected chi connectivity index (χ1v) is 7.87. The Labute approximate surface area is 146 Å². The second kappa shape index (κ2) is 6.91. The van der Waals surface area contributed by atoms with Crippen LogP contribution in [0.5, 0.6) is 0 Å². The average Bonchev–Trinajstić information content (AvgIpc) is 3.03. The van der Waals surface area contributed by atoms with E-state index in [9.17, 15) is 0 Å². The number of halogens is 1. The molecule has 1 aromatic heterocycles. The summed E-state index contributed by atoms with van der Waals surface area (Å²) >= 11 is 6.19. The quantitative estimate of drug-likeness (QED) is 0.620. The maximum absolute atomic E-state index is 6.19. The van der Waals surface area contributed by atoms with Gasteiger partial charge in [-0.3, -0.25) is 4.84 Å². The van der Waals surface area contributed by atoms with Gasteiger partial charge >= 0.3 is 0 Å². The summed E-state index contributed by atoms with van der Waals surface area (Å²) in [5.41, 5.74) is 3.79. The molecule has 0 saturated carbocycles. The Morgan fingerprint density at radius 2 is 1.58 bits per heavy atom. The number of aromatic nitrogens is 2. The van der Waals surface area contributed by atoms with Crippen LogP contribution in [0, 0.1) is 0 Å². The molecule has 0 radical (unpaired) electrons. The molecule has 0 unspecified atom stereocenters. The molecule has 3 rings (SSSR count). The third-order valence-electron chi connectivity index (χ3n) is 3.77. The van der Waals surface area contributed by atoms with Crippen molar-refractivity contribution in [2.45, 2.75) is 0 Å². The van der Waals surface area contributed by atoms with Crippen molar-refractivity contribution in [1.29, 1.82) is 0 Å². The third kappa shape index (κ3) is 2.94. The van der Waals surface area contributed by atoms with Crippen molar-refractivity contribution < 1.29 is 4.84 Å². The van der Waals surface area contributed by atoms with E-state index in [1.54, 1.807) is 16.9 Å². The topological polar surface area (TPSA) is 30.3 Å². The predicted octanol–water partition coefficient (Wildman–Crippen LogP) is 4.88. The lowest BCUT2D eigenvalue weighted by molar-refractivity contribution is 0.181. The van der Waals surface area contributed by atoms with Gasteiger partial charge in [0.1, 0.15) is 10.9 Å². The van der Waals surface area contributed by atoms with Crippen molar-refractivity contribution in [1.82, 2.24) is 9.78 Å². The number of rotatable bonds is 5. The van der Waals surface area contributed by atoms with E-state index in [1.165, 1.54) is 0 Å². The molecule has 0 spiro atoms. The molecule has 3 aromatic rings. The molecule has 0 fully saturated rings. The Morgan fingerprint density at radius 3 is 2.08 bits per heavy atom.